The minimum Gasteiger partial charge on any atom is -0.477 e. The highest BCUT2D eigenvalue weighted by Gasteiger charge is 2.14. The van der Waals surface area contributed by atoms with Crippen LogP contribution in [0.15, 0.2) is 24.3 Å². The molecule has 3 nitrogen and oxygen atoms in total. The zero-order valence-corrected chi connectivity index (χ0v) is 8.92. The number of benzene rings is 1. The van der Waals surface area contributed by atoms with Crippen LogP contribution in [0.2, 0.25) is 0 Å². The molecule has 17 heavy (non-hydrogen) atoms. The van der Waals surface area contributed by atoms with Crippen LogP contribution in [-0.2, 0) is 0 Å². The zero-order valence-electron chi connectivity index (χ0n) is 8.92. The molecule has 0 saturated heterocycles. The van der Waals surface area contributed by atoms with Gasteiger partial charge in [0.15, 0.2) is 0 Å². The number of H-pyrrole nitrogens is 1. The molecule has 0 atom stereocenters. The predicted octanol–water partition coefficient (Wildman–Crippen LogP) is 2.97. The lowest BCUT2D eigenvalue weighted by atomic mass is 10.1. The summed E-state index contributed by atoms with van der Waals surface area (Å²) in [6, 6.07) is 4.66. The van der Waals surface area contributed by atoms with Crippen molar-refractivity contribution in [3.63, 3.8) is 0 Å². The van der Waals surface area contributed by atoms with E-state index < -0.39 is 17.6 Å². The Balaban J connectivity index is 2.53. The average Bonchev–Trinajstić information content (AvgIpc) is 2.60. The second-order valence-electron chi connectivity index (χ2n) is 3.67. The second kappa shape index (κ2) is 4.01. The van der Waals surface area contributed by atoms with Gasteiger partial charge in [-0.3, -0.25) is 0 Å². The highest BCUT2D eigenvalue weighted by molar-refractivity contribution is 5.88. The largest absolute Gasteiger partial charge is 0.477 e. The van der Waals surface area contributed by atoms with Crippen LogP contribution in [0, 0.1) is 18.6 Å². The molecule has 0 radical (unpaired) electrons. The van der Waals surface area contributed by atoms with Crippen LogP contribution in [0.25, 0.3) is 11.3 Å². The first-order valence-corrected chi connectivity index (χ1v) is 4.87. The van der Waals surface area contributed by atoms with Crippen LogP contribution >= 0.6 is 0 Å². The molecule has 2 aromatic rings. The van der Waals surface area contributed by atoms with Crippen molar-refractivity contribution in [1.29, 1.82) is 0 Å². The summed E-state index contributed by atoms with van der Waals surface area (Å²) in [6.45, 7) is 1.60. The predicted molar refractivity (Wildman–Crippen MR) is 57.8 cm³/mol. The Morgan fingerprint density at radius 1 is 1.29 bits per heavy atom. The smallest absolute Gasteiger partial charge is 0.352 e. The topological polar surface area (TPSA) is 53.1 Å². The minimum atomic E-state index is -1.11. The number of rotatable bonds is 2. The highest BCUT2D eigenvalue weighted by atomic mass is 19.1. The third-order valence-corrected chi connectivity index (χ3v) is 2.45. The summed E-state index contributed by atoms with van der Waals surface area (Å²) in [7, 11) is 0. The van der Waals surface area contributed by atoms with Gasteiger partial charge in [-0.1, -0.05) is 0 Å². The number of aryl methyl sites for hydroxylation is 1. The second-order valence-corrected chi connectivity index (χ2v) is 3.67. The lowest BCUT2D eigenvalue weighted by molar-refractivity contribution is 0.0690. The fourth-order valence-electron chi connectivity index (χ4n) is 1.63. The molecule has 1 heterocycles. The summed E-state index contributed by atoms with van der Waals surface area (Å²) in [5.41, 5.74) is 0.958. The third kappa shape index (κ3) is 2.04. The van der Waals surface area contributed by atoms with E-state index in [-0.39, 0.29) is 11.3 Å². The van der Waals surface area contributed by atoms with Crippen molar-refractivity contribution in [2.45, 2.75) is 6.92 Å². The van der Waals surface area contributed by atoms with Crippen molar-refractivity contribution in [1.82, 2.24) is 4.98 Å². The molecule has 0 amide bonds. The molecule has 2 rings (SSSR count). The Hall–Kier alpha value is -2.17. The van der Waals surface area contributed by atoms with E-state index in [0.29, 0.717) is 11.3 Å². The standard InChI is InChI=1S/C12H9F2NO2/c1-6-4-10(15-11(6)12(16)17)8-3-2-7(13)5-9(8)14/h2-5,15H,1H3,(H,16,17). The summed E-state index contributed by atoms with van der Waals surface area (Å²) in [5.74, 6) is -2.52. The number of halogens is 2. The third-order valence-electron chi connectivity index (χ3n) is 2.45. The number of carbonyl (C=O) groups is 1. The van der Waals surface area contributed by atoms with Crippen molar-refractivity contribution in [2.75, 3.05) is 0 Å². The number of nitrogens with one attached hydrogen (secondary N) is 1. The molecule has 5 heteroatoms. The van der Waals surface area contributed by atoms with Gasteiger partial charge >= 0.3 is 5.97 Å². The van der Waals surface area contributed by atoms with Gasteiger partial charge in [0.05, 0.1) is 0 Å². The van der Waals surface area contributed by atoms with Crippen LogP contribution < -0.4 is 0 Å². The average molecular weight is 237 g/mol. The molecule has 0 unspecified atom stereocenters. The van der Waals surface area contributed by atoms with E-state index in [1.54, 1.807) is 6.92 Å². The lowest BCUT2D eigenvalue weighted by Crippen LogP contribution is -1.98. The van der Waals surface area contributed by atoms with Crippen LogP contribution in [0.4, 0.5) is 8.78 Å². The van der Waals surface area contributed by atoms with Crippen LogP contribution in [0.5, 0.6) is 0 Å². The number of aromatic carboxylic acids is 1. The molecule has 1 aromatic carbocycles. The van der Waals surface area contributed by atoms with Gasteiger partial charge in [0.2, 0.25) is 0 Å². The molecule has 0 saturated carbocycles. The molecule has 0 aliphatic carbocycles. The van der Waals surface area contributed by atoms with Gasteiger partial charge < -0.3 is 10.1 Å². The maximum absolute atomic E-state index is 13.5. The summed E-state index contributed by atoms with van der Waals surface area (Å²) in [4.78, 5) is 13.4. The van der Waals surface area contributed by atoms with Gasteiger partial charge in [-0.2, -0.15) is 0 Å². The van der Waals surface area contributed by atoms with Crippen molar-refractivity contribution < 1.29 is 18.7 Å². The fraction of sp³-hybridized carbons (Fsp3) is 0.0833. The van der Waals surface area contributed by atoms with Crippen molar-refractivity contribution in [3.05, 3.63) is 47.2 Å². The summed E-state index contributed by atoms with van der Waals surface area (Å²) in [6.07, 6.45) is 0. The maximum atomic E-state index is 13.5. The van der Waals surface area contributed by atoms with Gasteiger partial charge in [0.1, 0.15) is 17.3 Å². The Morgan fingerprint density at radius 2 is 2.00 bits per heavy atom. The Kier molecular flexibility index (Phi) is 2.67. The molecule has 0 aliphatic heterocycles. The molecular formula is C12H9F2NO2. The first-order chi connectivity index (χ1) is 7.99. The molecule has 88 valence electrons. The Bertz CT molecular complexity index is 590. The number of aromatic nitrogens is 1. The van der Waals surface area contributed by atoms with E-state index in [1.807, 2.05) is 0 Å². The van der Waals surface area contributed by atoms with E-state index >= 15 is 0 Å². The van der Waals surface area contributed by atoms with E-state index in [4.69, 9.17) is 5.11 Å². The quantitative estimate of drug-likeness (QED) is 0.843. The molecule has 0 fully saturated rings. The lowest BCUT2D eigenvalue weighted by Gasteiger charge is -2.00. The Labute approximate surface area is 95.7 Å². The van der Waals surface area contributed by atoms with Crippen molar-refractivity contribution in [2.24, 2.45) is 0 Å². The summed E-state index contributed by atoms with van der Waals surface area (Å²) in [5, 5.41) is 8.85. The molecule has 2 N–H and O–H groups in total. The fourth-order valence-corrected chi connectivity index (χ4v) is 1.63. The van der Waals surface area contributed by atoms with Gasteiger partial charge in [0.25, 0.3) is 0 Å². The van der Waals surface area contributed by atoms with E-state index in [0.717, 1.165) is 12.1 Å². The number of carboxylic acids is 1. The first-order valence-electron chi connectivity index (χ1n) is 4.87. The molecule has 0 aliphatic rings. The van der Waals surface area contributed by atoms with Crippen molar-refractivity contribution in [3.8, 4) is 11.3 Å². The van der Waals surface area contributed by atoms with Gasteiger partial charge in [-0.25, -0.2) is 13.6 Å². The van der Waals surface area contributed by atoms with Crippen molar-refractivity contribution >= 4 is 5.97 Å². The normalized spacial score (nSPS) is 10.5. The minimum absolute atomic E-state index is 0.00345. The number of aromatic amines is 1. The highest BCUT2D eigenvalue weighted by Crippen LogP contribution is 2.24. The molecule has 1 aromatic heterocycles. The van der Waals surface area contributed by atoms with Crippen LogP contribution in [-0.4, -0.2) is 16.1 Å². The summed E-state index contributed by atoms with van der Waals surface area (Å²) < 4.78 is 26.2. The number of hydrogen-bond donors (Lipinski definition) is 2. The van der Waals surface area contributed by atoms with Gasteiger partial charge in [-0.15, -0.1) is 0 Å². The van der Waals surface area contributed by atoms with Gasteiger partial charge in [-0.05, 0) is 30.7 Å². The Morgan fingerprint density at radius 3 is 2.53 bits per heavy atom. The molecule has 0 spiro atoms. The van der Waals surface area contributed by atoms with E-state index in [2.05, 4.69) is 4.98 Å². The SMILES string of the molecule is Cc1cc(-c2ccc(F)cc2F)[nH]c1C(=O)O. The van der Waals surface area contributed by atoms with Gasteiger partial charge in [0, 0.05) is 17.3 Å². The van der Waals surface area contributed by atoms with E-state index in [9.17, 15) is 13.6 Å². The first kappa shape index (κ1) is 11.3. The number of hydrogen-bond acceptors (Lipinski definition) is 1. The maximum Gasteiger partial charge on any atom is 0.352 e. The molecule has 0 bridgehead atoms. The van der Waals surface area contributed by atoms with E-state index in [1.165, 1.54) is 12.1 Å². The summed E-state index contributed by atoms with van der Waals surface area (Å²) >= 11 is 0. The zero-order chi connectivity index (χ0) is 12.6. The van der Waals surface area contributed by atoms with Crippen LogP contribution in [0.1, 0.15) is 16.1 Å². The number of carboxylic acid groups (broad SMARTS) is 1. The monoisotopic (exact) mass is 237 g/mol. The van der Waals surface area contributed by atoms with Crippen LogP contribution in [0.3, 0.4) is 0 Å². The molecular weight excluding hydrogens is 228 g/mol.